The van der Waals surface area contributed by atoms with Crippen LogP contribution in [0, 0.1) is 0 Å². The Bertz CT molecular complexity index is 792. The van der Waals surface area contributed by atoms with Crippen molar-refractivity contribution in [3.8, 4) is 0 Å². The van der Waals surface area contributed by atoms with Gasteiger partial charge >= 0.3 is 0 Å². The zero-order valence-electron chi connectivity index (χ0n) is 12.3. The van der Waals surface area contributed by atoms with Crippen LogP contribution in [0.2, 0.25) is 0 Å². The third-order valence-corrected chi connectivity index (χ3v) is 3.40. The topological polar surface area (TPSA) is 67.9 Å². The van der Waals surface area contributed by atoms with Crippen LogP contribution in [-0.2, 0) is 6.42 Å². The first kappa shape index (κ1) is 15.1. The Kier molecular flexibility index (Phi) is 4.54. The third-order valence-electron chi connectivity index (χ3n) is 3.22. The number of anilines is 2. The SMILES string of the molecule is NC(=S)N(c1cccc(Cc2ccccc2)n1)c1ncccn1. The lowest BCUT2D eigenvalue weighted by Crippen LogP contribution is -2.33. The predicted molar refractivity (Wildman–Crippen MR) is 94.4 cm³/mol. The second kappa shape index (κ2) is 6.93. The molecular formula is C17H15N5S. The van der Waals surface area contributed by atoms with E-state index in [-0.39, 0.29) is 5.11 Å². The number of thiocarbonyl (C=S) groups is 1. The largest absolute Gasteiger partial charge is 0.375 e. The molecule has 0 aliphatic carbocycles. The minimum absolute atomic E-state index is 0.153. The molecule has 1 aromatic carbocycles. The van der Waals surface area contributed by atoms with Crippen molar-refractivity contribution in [2.75, 3.05) is 4.90 Å². The predicted octanol–water partition coefficient (Wildman–Crippen LogP) is 2.84. The van der Waals surface area contributed by atoms with Crippen LogP contribution in [0.15, 0.2) is 67.0 Å². The smallest absolute Gasteiger partial charge is 0.237 e. The summed E-state index contributed by atoms with van der Waals surface area (Å²) < 4.78 is 0. The fourth-order valence-corrected chi connectivity index (χ4v) is 2.39. The molecule has 0 saturated heterocycles. The summed E-state index contributed by atoms with van der Waals surface area (Å²) in [6.45, 7) is 0. The molecule has 0 atom stereocenters. The van der Waals surface area contributed by atoms with Gasteiger partial charge < -0.3 is 5.73 Å². The van der Waals surface area contributed by atoms with Crippen molar-refractivity contribution in [2.45, 2.75) is 6.42 Å². The summed E-state index contributed by atoms with van der Waals surface area (Å²) in [4.78, 5) is 14.6. The molecule has 2 N–H and O–H groups in total. The van der Waals surface area contributed by atoms with Crippen LogP contribution in [-0.4, -0.2) is 20.1 Å². The molecule has 114 valence electrons. The van der Waals surface area contributed by atoms with Crippen molar-refractivity contribution in [1.29, 1.82) is 0 Å². The molecular weight excluding hydrogens is 306 g/mol. The summed E-state index contributed by atoms with van der Waals surface area (Å²) in [7, 11) is 0. The van der Waals surface area contributed by atoms with Crippen LogP contribution in [0.25, 0.3) is 0 Å². The van der Waals surface area contributed by atoms with E-state index in [0.29, 0.717) is 11.8 Å². The maximum atomic E-state index is 5.84. The zero-order valence-corrected chi connectivity index (χ0v) is 13.1. The highest BCUT2D eigenvalue weighted by Gasteiger charge is 2.16. The number of rotatable bonds is 4. The molecule has 2 heterocycles. The number of nitrogens with zero attached hydrogens (tertiary/aromatic N) is 4. The molecule has 0 amide bonds. The van der Waals surface area contributed by atoms with Crippen LogP contribution in [0.4, 0.5) is 11.8 Å². The first-order valence-corrected chi connectivity index (χ1v) is 7.51. The van der Waals surface area contributed by atoms with Crippen molar-refractivity contribution in [2.24, 2.45) is 5.73 Å². The van der Waals surface area contributed by atoms with E-state index in [9.17, 15) is 0 Å². The molecule has 2 aromatic heterocycles. The van der Waals surface area contributed by atoms with E-state index in [1.54, 1.807) is 23.4 Å². The van der Waals surface area contributed by atoms with Gasteiger partial charge in [-0.25, -0.2) is 19.9 Å². The molecule has 5 nitrogen and oxygen atoms in total. The lowest BCUT2D eigenvalue weighted by molar-refractivity contribution is 1.03. The Morgan fingerprint density at radius 2 is 1.70 bits per heavy atom. The molecule has 6 heteroatoms. The van der Waals surface area contributed by atoms with Crippen molar-refractivity contribution < 1.29 is 0 Å². The second-order valence-electron chi connectivity index (χ2n) is 4.87. The van der Waals surface area contributed by atoms with E-state index in [2.05, 4.69) is 27.1 Å². The molecule has 0 spiro atoms. The minimum atomic E-state index is 0.153. The maximum absolute atomic E-state index is 5.84. The Labute approximate surface area is 139 Å². The molecule has 0 aliphatic heterocycles. The average molecular weight is 321 g/mol. The van der Waals surface area contributed by atoms with Gasteiger partial charge in [-0.15, -0.1) is 0 Å². The van der Waals surface area contributed by atoms with Crippen LogP contribution >= 0.6 is 12.2 Å². The van der Waals surface area contributed by atoms with Crippen molar-refractivity contribution in [3.63, 3.8) is 0 Å². The number of benzene rings is 1. The monoisotopic (exact) mass is 321 g/mol. The molecule has 3 aromatic rings. The molecule has 0 saturated carbocycles. The van der Waals surface area contributed by atoms with Gasteiger partial charge in [0.05, 0.1) is 0 Å². The van der Waals surface area contributed by atoms with Crippen LogP contribution in [0.1, 0.15) is 11.3 Å². The molecule has 3 rings (SSSR count). The van der Waals surface area contributed by atoms with E-state index in [0.717, 1.165) is 12.1 Å². The maximum Gasteiger partial charge on any atom is 0.237 e. The van der Waals surface area contributed by atoms with Crippen molar-refractivity contribution in [1.82, 2.24) is 15.0 Å². The average Bonchev–Trinajstić information content (AvgIpc) is 2.57. The summed E-state index contributed by atoms with van der Waals surface area (Å²) in [5, 5.41) is 0.153. The lowest BCUT2D eigenvalue weighted by Gasteiger charge is -2.19. The second-order valence-corrected chi connectivity index (χ2v) is 5.29. The summed E-state index contributed by atoms with van der Waals surface area (Å²) in [6, 6.07) is 17.6. The fourth-order valence-electron chi connectivity index (χ4n) is 2.22. The third kappa shape index (κ3) is 3.67. The van der Waals surface area contributed by atoms with E-state index >= 15 is 0 Å². The highest BCUT2D eigenvalue weighted by atomic mass is 32.1. The van der Waals surface area contributed by atoms with Crippen molar-refractivity contribution in [3.05, 3.63) is 78.2 Å². The van der Waals surface area contributed by atoms with Gasteiger partial charge in [0.25, 0.3) is 0 Å². The number of hydrogen-bond acceptors (Lipinski definition) is 4. The summed E-state index contributed by atoms with van der Waals surface area (Å²) in [5.41, 5.74) is 7.95. The van der Waals surface area contributed by atoms with E-state index in [1.165, 1.54) is 5.56 Å². The van der Waals surface area contributed by atoms with Gasteiger partial charge in [-0.05, 0) is 36.0 Å². The zero-order chi connectivity index (χ0) is 16.1. The standard InChI is InChI=1S/C17H15N5S/c18-16(23)22(17-19-10-5-11-20-17)15-9-4-8-14(21-15)12-13-6-2-1-3-7-13/h1-11H,12H2,(H2,18,23). The Morgan fingerprint density at radius 3 is 2.39 bits per heavy atom. The number of nitrogens with two attached hydrogens (primary N) is 1. The highest BCUT2D eigenvalue weighted by molar-refractivity contribution is 7.80. The lowest BCUT2D eigenvalue weighted by atomic mass is 10.1. The number of pyridine rings is 1. The van der Waals surface area contributed by atoms with E-state index in [4.69, 9.17) is 18.0 Å². The first-order valence-electron chi connectivity index (χ1n) is 7.10. The summed E-state index contributed by atoms with van der Waals surface area (Å²) in [6.07, 6.45) is 4.01. The molecule has 0 radical (unpaired) electrons. The molecule has 0 bridgehead atoms. The van der Waals surface area contributed by atoms with Gasteiger partial charge in [0, 0.05) is 24.5 Å². The minimum Gasteiger partial charge on any atom is -0.375 e. The van der Waals surface area contributed by atoms with Gasteiger partial charge in [0.2, 0.25) is 5.95 Å². The van der Waals surface area contributed by atoms with E-state index < -0.39 is 0 Å². The van der Waals surface area contributed by atoms with Gasteiger partial charge in [0.15, 0.2) is 5.11 Å². The molecule has 0 unspecified atom stereocenters. The fraction of sp³-hybridized carbons (Fsp3) is 0.0588. The molecule has 0 aliphatic rings. The van der Waals surface area contributed by atoms with Gasteiger partial charge in [-0.3, -0.25) is 0 Å². The summed E-state index contributed by atoms with van der Waals surface area (Å²) in [5.74, 6) is 1.02. The Morgan fingerprint density at radius 1 is 0.957 bits per heavy atom. The highest BCUT2D eigenvalue weighted by Crippen LogP contribution is 2.20. The first-order chi connectivity index (χ1) is 11.2. The quantitative estimate of drug-likeness (QED) is 0.745. The van der Waals surface area contributed by atoms with Gasteiger partial charge in [0.1, 0.15) is 5.82 Å². The molecule has 0 fully saturated rings. The van der Waals surface area contributed by atoms with Crippen LogP contribution in [0.5, 0.6) is 0 Å². The van der Waals surface area contributed by atoms with Crippen molar-refractivity contribution >= 4 is 29.1 Å². The van der Waals surface area contributed by atoms with Gasteiger partial charge in [-0.2, -0.15) is 0 Å². The number of hydrogen-bond donors (Lipinski definition) is 1. The number of aromatic nitrogens is 3. The molecule has 23 heavy (non-hydrogen) atoms. The van der Waals surface area contributed by atoms with Crippen LogP contribution < -0.4 is 10.6 Å². The van der Waals surface area contributed by atoms with Crippen LogP contribution in [0.3, 0.4) is 0 Å². The Hall–Kier alpha value is -2.86. The van der Waals surface area contributed by atoms with E-state index in [1.807, 2.05) is 36.4 Å². The van der Waals surface area contributed by atoms with Gasteiger partial charge in [-0.1, -0.05) is 36.4 Å². The Balaban J connectivity index is 1.92. The normalized spacial score (nSPS) is 10.3. The summed E-state index contributed by atoms with van der Waals surface area (Å²) >= 11 is 5.14.